The van der Waals surface area contributed by atoms with E-state index in [1.807, 2.05) is 0 Å². The lowest BCUT2D eigenvalue weighted by Gasteiger charge is -2.16. The van der Waals surface area contributed by atoms with Crippen LogP contribution >= 0.6 is 0 Å². The van der Waals surface area contributed by atoms with Gasteiger partial charge in [-0.3, -0.25) is 0 Å². The fourth-order valence-corrected chi connectivity index (χ4v) is 3.30. The van der Waals surface area contributed by atoms with E-state index in [0.29, 0.717) is 0 Å². The molecular weight excluding hydrogens is 204 g/mol. The van der Waals surface area contributed by atoms with E-state index in [2.05, 4.69) is 32.0 Å². The third-order valence-corrected chi connectivity index (χ3v) is 4.25. The highest BCUT2D eigenvalue weighted by molar-refractivity contribution is 6.61. The van der Waals surface area contributed by atoms with Crippen molar-refractivity contribution < 1.29 is 8.85 Å². The molecule has 1 radical (unpaired) electrons. The number of hydrogen-bond donors (Lipinski definition) is 0. The average Bonchev–Trinajstić information content (AvgIpc) is 2.30. The van der Waals surface area contributed by atoms with Crippen molar-refractivity contribution >= 4 is 14.5 Å². The summed E-state index contributed by atoms with van der Waals surface area (Å²) in [7, 11) is 2.16. The molecule has 3 heteroatoms. The highest BCUT2D eigenvalue weighted by Gasteiger charge is 2.20. The summed E-state index contributed by atoms with van der Waals surface area (Å²) in [6.07, 6.45) is 2.11. The first kappa shape index (κ1) is 12.4. The molecule has 0 spiro atoms. The van der Waals surface area contributed by atoms with Crippen LogP contribution in [-0.4, -0.2) is 23.5 Å². The minimum atomic E-state index is -1.27. The van der Waals surface area contributed by atoms with E-state index in [-0.39, 0.29) is 0 Å². The Morgan fingerprint density at radius 3 is 2.20 bits per heavy atom. The summed E-state index contributed by atoms with van der Waals surface area (Å²) < 4.78 is 10.8. The fourth-order valence-electron chi connectivity index (χ4n) is 1.88. The minimum absolute atomic E-state index is 1.04. The zero-order chi connectivity index (χ0) is 11.3. The molecular formula is C12H19O2Si. The molecule has 2 nitrogen and oxygen atoms in total. The SMILES string of the molecule is CCc1cccc([Si](OC)OC)c1CC. The monoisotopic (exact) mass is 223 g/mol. The van der Waals surface area contributed by atoms with E-state index in [1.165, 1.54) is 16.3 Å². The van der Waals surface area contributed by atoms with Gasteiger partial charge in [0.15, 0.2) is 0 Å². The van der Waals surface area contributed by atoms with Crippen LogP contribution in [0.1, 0.15) is 25.0 Å². The van der Waals surface area contributed by atoms with E-state index in [0.717, 1.165) is 12.8 Å². The van der Waals surface area contributed by atoms with Gasteiger partial charge >= 0.3 is 9.28 Å². The van der Waals surface area contributed by atoms with Crippen LogP contribution in [0.25, 0.3) is 0 Å². The molecule has 83 valence electrons. The summed E-state index contributed by atoms with van der Waals surface area (Å²) >= 11 is 0. The van der Waals surface area contributed by atoms with Gasteiger partial charge in [0.05, 0.1) is 0 Å². The maximum atomic E-state index is 5.41. The molecule has 0 saturated heterocycles. The quantitative estimate of drug-likeness (QED) is 0.709. The Hall–Kier alpha value is -0.643. The smallest absolute Gasteiger partial charge is 0.393 e. The summed E-state index contributed by atoms with van der Waals surface area (Å²) in [6.45, 7) is 4.37. The van der Waals surface area contributed by atoms with E-state index < -0.39 is 9.28 Å². The molecule has 1 aromatic rings. The van der Waals surface area contributed by atoms with Crippen molar-refractivity contribution in [2.75, 3.05) is 14.2 Å². The van der Waals surface area contributed by atoms with Crippen molar-refractivity contribution in [3.05, 3.63) is 29.3 Å². The molecule has 0 aliphatic rings. The van der Waals surface area contributed by atoms with Gasteiger partial charge in [0.2, 0.25) is 0 Å². The Labute approximate surface area is 94.1 Å². The van der Waals surface area contributed by atoms with Crippen LogP contribution in [0.5, 0.6) is 0 Å². The van der Waals surface area contributed by atoms with Gasteiger partial charge in [-0.15, -0.1) is 0 Å². The molecule has 15 heavy (non-hydrogen) atoms. The molecule has 0 atom stereocenters. The van der Waals surface area contributed by atoms with Gasteiger partial charge in [0, 0.05) is 14.2 Å². The molecule has 0 heterocycles. The van der Waals surface area contributed by atoms with Gasteiger partial charge in [-0.05, 0) is 29.2 Å². The van der Waals surface area contributed by atoms with Crippen LogP contribution in [0.2, 0.25) is 0 Å². The van der Waals surface area contributed by atoms with Crippen LogP contribution in [0, 0.1) is 0 Å². The number of aryl methyl sites for hydroxylation is 1. The van der Waals surface area contributed by atoms with E-state index in [9.17, 15) is 0 Å². The molecule has 0 aliphatic carbocycles. The van der Waals surface area contributed by atoms with Crippen LogP contribution in [0.15, 0.2) is 18.2 Å². The summed E-state index contributed by atoms with van der Waals surface area (Å²) in [5, 5.41) is 1.26. The van der Waals surface area contributed by atoms with Gasteiger partial charge in [0.1, 0.15) is 0 Å². The van der Waals surface area contributed by atoms with Crippen LogP contribution < -0.4 is 5.19 Å². The molecule has 0 aliphatic heterocycles. The second-order valence-electron chi connectivity index (χ2n) is 3.35. The molecule has 0 N–H and O–H groups in total. The van der Waals surface area contributed by atoms with Crippen molar-refractivity contribution in [3.8, 4) is 0 Å². The lowest BCUT2D eigenvalue weighted by Crippen LogP contribution is -2.37. The Kier molecular flexibility index (Phi) is 5.01. The third-order valence-electron chi connectivity index (χ3n) is 2.60. The first-order chi connectivity index (χ1) is 7.28. The maximum Gasteiger partial charge on any atom is 0.423 e. The van der Waals surface area contributed by atoms with Crippen molar-refractivity contribution in [1.82, 2.24) is 0 Å². The second-order valence-corrected chi connectivity index (χ2v) is 5.28. The normalized spacial score (nSPS) is 11.0. The van der Waals surface area contributed by atoms with Gasteiger partial charge in [0.25, 0.3) is 0 Å². The summed E-state index contributed by atoms with van der Waals surface area (Å²) in [5.74, 6) is 0. The molecule has 0 unspecified atom stereocenters. The molecule has 1 rings (SSSR count). The Balaban J connectivity index is 3.15. The van der Waals surface area contributed by atoms with Crippen LogP contribution in [0.4, 0.5) is 0 Å². The first-order valence-electron chi connectivity index (χ1n) is 5.34. The van der Waals surface area contributed by atoms with Crippen molar-refractivity contribution in [1.29, 1.82) is 0 Å². The number of hydrogen-bond acceptors (Lipinski definition) is 2. The molecule has 0 fully saturated rings. The molecule has 0 amide bonds. The van der Waals surface area contributed by atoms with Crippen molar-refractivity contribution in [2.45, 2.75) is 26.7 Å². The Morgan fingerprint density at radius 2 is 1.73 bits per heavy atom. The van der Waals surface area contributed by atoms with E-state index in [1.54, 1.807) is 14.2 Å². The Bertz CT molecular complexity index is 308. The zero-order valence-corrected chi connectivity index (χ0v) is 11.0. The summed E-state index contributed by atoms with van der Waals surface area (Å²) in [4.78, 5) is 0. The predicted molar refractivity (Wildman–Crippen MR) is 64.6 cm³/mol. The molecule has 0 aromatic heterocycles. The Morgan fingerprint density at radius 1 is 1.07 bits per heavy atom. The van der Waals surface area contributed by atoms with Crippen LogP contribution in [-0.2, 0) is 21.7 Å². The third kappa shape index (κ3) is 2.68. The fraction of sp³-hybridized carbons (Fsp3) is 0.500. The molecule has 0 bridgehead atoms. The van der Waals surface area contributed by atoms with Crippen LogP contribution in [0.3, 0.4) is 0 Å². The van der Waals surface area contributed by atoms with Gasteiger partial charge in [-0.1, -0.05) is 32.0 Å². The standard InChI is InChI=1S/C12H19O2Si/c1-5-10-8-7-9-12(11(10)6-2)15(13-3)14-4/h7-9H,5-6H2,1-4H3. The summed E-state index contributed by atoms with van der Waals surface area (Å²) in [6, 6.07) is 6.41. The number of benzene rings is 1. The number of rotatable bonds is 5. The molecule has 1 aromatic carbocycles. The minimum Gasteiger partial charge on any atom is -0.393 e. The van der Waals surface area contributed by atoms with Crippen molar-refractivity contribution in [2.24, 2.45) is 0 Å². The topological polar surface area (TPSA) is 18.5 Å². The highest BCUT2D eigenvalue weighted by atomic mass is 28.3. The summed E-state index contributed by atoms with van der Waals surface area (Å²) in [5.41, 5.74) is 2.81. The predicted octanol–water partition coefficient (Wildman–Crippen LogP) is 1.80. The zero-order valence-electron chi connectivity index (χ0n) is 9.96. The second kappa shape index (κ2) is 6.05. The van der Waals surface area contributed by atoms with E-state index in [4.69, 9.17) is 8.85 Å². The average molecular weight is 223 g/mol. The van der Waals surface area contributed by atoms with E-state index >= 15 is 0 Å². The van der Waals surface area contributed by atoms with Gasteiger partial charge in [-0.2, -0.15) is 0 Å². The van der Waals surface area contributed by atoms with Crippen molar-refractivity contribution in [3.63, 3.8) is 0 Å². The lowest BCUT2D eigenvalue weighted by molar-refractivity contribution is 0.291. The maximum absolute atomic E-state index is 5.41. The lowest BCUT2D eigenvalue weighted by atomic mass is 10.0. The first-order valence-corrected chi connectivity index (χ1v) is 6.66. The largest absolute Gasteiger partial charge is 0.423 e. The highest BCUT2D eigenvalue weighted by Crippen LogP contribution is 2.09. The van der Waals surface area contributed by atoms with Gasteiger partial charge < -0.3 is 8.85 Å². The van der Waals surface area contributed by atoms with Gasteiger partial charge in [-0.25, -0.2) is 0 Å². The molecule has 0 saturated carbocycles.